The van der Waals surface area contributed by atoms with Crippen molar-refractivity contribution in [1.82, 2.24) is 15.0 Å². The van der Waals surface area contributed by atoms with Gasteiger partial charge in [0, 0.05) is 37.1 Å². The SMILES string of the molecule is CCCCN(CCO)c1cc(C(F)(F)F)nc(-c2cccnc2)n1. The number of pyridine rings is 1. The van der Waals surface area contributed by atoms with Crippen LogP contribution in [0.15, 0.2) is 30.6 Å². The maximum absolute atomic E-state index is 13.2. The molecule has 2 rings (SSSR count). The van der Waals surface area contributed by atoms with Crippen LogP contribution in [0.1, 0.15) is 25.5 Å². The molecule has 0 aliphatic heterocycles. The normalized spacial score (nSPS) is 11.5. The van der Waals surface area contributed by atoms with Gasteiger partial charge in [-0.1, -0.05) is 13.3 Å². The van der Waals surface area contributed by atoms with Crippen LogP contribution in [0.3, 0.4) is 0 Å². The van der Waals surface area contributed by atoms with Crippen molar-refractivity contribution in [3.8, 4) is 11.4 Å². The van der Waals surface area contributed by atoms with Gasteiger partial charge < -0.3 is 10.0 Å². The quantitative estimate of drug-likeness (QED) is 0.839. The van der Waals surface area contributed by atoms with Gasteiger partial charge in [-0.05, 0) is 18.6 Å². The molecule has 8 heteroatoms. The molecule has 0 aliphatic rings. The number of rotatable bonds is 7. The van der Waals surface area contributed by atoms with Crippen LogP contribution in [-0.4, -0.2) is 39.8 Å². The lowest BCUT2D eigenvalue weighted by atomic mass is 10.2. The molecule has 2 aromatic rings. The molecule has 0 saturated heterocycles. The first-order chi connectivity index (χ1) is 11.5. The molecule has 0 aromatic carbocycles. The van der Waals surface area contributed by atoms with Crippen molar-refractivity contribution < 1.29 is 18.3 Å². The molecular weight excluding hydrogens is 321 g/mol. The standard InChI is InChI=1S/C16H19F3N4O/c1-2-3-7-23(8-9-24)14-10-13(16(17,18)19)21-15(22-14)12-5-4-6-20-11-12/h4-6,10-11,24H,2-3,7-9H2,1H3. The van der Waals surface area contributed by atoms with Crippen LogP contribution in [0.25, 0.3) is 11.4 Å². The zero-order valence-electron chi connectivity index (χ0n) is 13.3. The van der Waals surface area contributed by atoms with Gasteiger partial charge in [-0.15, -0.1) is 0 Å². The number of nitrogens with zero attached hydrogens (tertiary/aromatic N) is 4. The highest BCUT2D eigenvalue weighted by atomic mass is 19.4. The Labute approximate surface area is 138 Å². The summed E-state index contributed by atoms with van der Waals surface area (Å²) in [6.07, 6.45) is 0.0332. The zero-order chi connectivity index (χ0) is 17.6. The smallest absolute Gasteiger partial charge is 0.395 e. The third-order valence-corrected chi connectivity index (χ3v) is 3.40. The predicted molar refractivity (Wildman–Crippen MR) is 84.5 cm³/mol. The van der Waals surface area contributed by atoms with E-state index in [2.05, 4.69) is 15.0 Å². The summed E-state index contributed by atoms with van der Waals surface area (Å²) in [4.78, 5) is 13.4. The number of halogens is 3. The first-order valence-electron chi connectivity index (χ1n) is 7.68. The largest absolute Gasteiger partial charge is 0.433 e. The van der Waals surface area contributed by atoms with E-state index in [-0.39, 0.29) is 24.8 Å². The third-order valence-electron chi connectivity index (χ3n) is 3.40. The minimum Gasteiger partial charge on any atom is -0.395 e. The third kappa shape index (κ3) is 4.64. The number of hydrogen-bond acceptors (Lipinski definition) is 5. The Morgan fingerprint density at radius 3 is 2.58 bits per heavy atom. The molecule has 2 heterocycles. The Hall–Kier alpha value is -2.22. The number of aliphatic hydroxyl groups is 1. The molecule has 0 fully saturated rings. The van der Waals surface area contributed by atoms with Crippen molar-refractivity contribution >= 4 is 5.82 Å². The Bertz CT molecular complexity index is 650. The van der Waals surface area contributed by atoms with Gasteiger partial charge in [-0.3, -0.25) is 4.98 Å². The molecule has 0 radical (unpaired) electrons. The number of hydrogen-bond donors (Lipinski definition) is 1. The van der Waals surface area contributed by atoms with Crippen molar-refractivity contribution in [2.24, 2.45) is 0 Å². The fraction of sp³-hybridized carbons (Fsp3) is 0.438. The molecule has 0 unspecified atom stereocenters. The molecule has 0 aliphatic carbocycles. The van der Waals surface area contributed by atoms with Gasteiger partial charge in [-0.2, -0.15) is 13.2 Å². The molecule has 0 atom stereocenters. The van der Waals surface area contributed by atoms with Gasteiger partial charge in [0.05, 0.1) is 6.61 Å². The van der Waals surface area contributed by atoms with E-state index in [1.165, 1.54) is 12.4 Å². The molecule has 1 N–H and O–H groups in total. The summed E-state index contributed by atoms with van der Waals surface area (Å²) in [5.74, 6) is 0.117. The molecule has 2 aromatic heterocycles. The lowest BCUT2D eigenvalue weighted by Gasteiger charge is -2.24. The number of unbranched alkanes of at least 4 members (excludes halogenated alkanes) is 1. The maximum atomic E-state index is 13.2. The molecule has 0 bridgehead atoms. The van der Waals surface area contributed by atoms with Crippen LogP contribution >= 0.6 is 0 Å². The van der Waals surface area contributed by atoms with Crippen LogP contribution in [0.4, 0.5) is 19.0 Å². The van der Waals surface area contributed by atoms with Gasteiger partial charge in [0.25, 0.3) is 0 Å². The van der Waals surface area contributed by atoms with Crippen LogP contribution in [-0.2, 0) is 6.18 Å². The Kier molecular flexibility index (Phi) is 6.08. The summed E-state index contributed by atoms with van der Waals surface area (Å²) < 4.78 is 39.6. The minimum atomic E-state index is -4.58. The van der Waals surface area contributed by atoms with E-state index >= 15 is 0 Å². The average molecular weight is 340 g/mol. The zero-order valence-corrected chi connectivity index (χ0v) is 13.3. The van der Waals surface area contributed by atoms with E-state index in [4.69, 9.17) is 0 Å². The molecule has 0 saturated carbocycles. The molecule has 24 heavy (non-hydrogen) atoms. The lowest BCUT2D eigenvalue weighted by molar-refractivity contribution is -0.141. The van der Waals surface area contributed by atoms with Crippen molar-refractivity contribution in [3.05, 3.63) is 36.3 Å². The average Bonchev–Trinajstić information content (AvgIpc) is 2.58. The summed E-state index contributed by atoms with van der Waals surface area (Å²) in [5.41, 5.74) is -0.602. The Morgan fingerprint density at radius 2 is 2.00 bits per heavy atom. The topological polar surface area (TPSA) is 62.1 Å². The maximum Gasteiger partial charge on any atom is 0.433 e. The van der Waals surface area contributed by atoms with Gasteiger partial charge in [0.1, 0.15) is 5.82 Å². The van der Waals surface area contributed by atoms with Gasteiger partial charge in [0.15, 0.2) is 11.5 Å². The van der Waals surface area contributed by atoms with E-state index in [0.717, 1.165) is 18.9 Å². The predicted octanol–water partition coefficient (Wildman–Crippen LogP) is 3.16. The lowest BCUT2D eigenvalue weighted by Crippen LogP contribution is -2.29. The second kappa shape index (κ2) is 8.05. The van der Waals surface area contributed by atoms with E-state index in [9.17, 15) is 18.3 Å². The van der Waals surface area contributed by atoms with E-state index in [1.54, 1.807) is 17.0 Å². The molecular formula is C16H19F3N4O. The second-order valence-corrected chi connectivity index (χ2v) is 5.24. The fourth-order valence-corrected chi connectivity index (χ4v) is 2.18. The van der Waals surface area contributed by atoms with Crippen molar-refractivity contribution in [3.63, 3.8) is 0 Å². The Morgan fingerprint density at radius 1 is 1.21 bits per heavy atom. The minimum absolute atomic E-state index is 0.0348. The van der Waals surface area contributed by atoms with E-state index in [0.29, 0.717) is 12.1 Å². The summed E-state index contributed by atoms with van der Waals surface area (Å²) in [6.45, 7) is 2.54. The Balaban J connectivity index is 2.49. The summed E-state index contributed by atoms with van der Waals surface area (Å²) >= 11 is 0. The van der Waals surface area contributed by atoms with Gasteiger partial charge >= 0.3 is 6.18 Å². The second-order valence-electron chi connectivity index (χ2n) is 5.24. The first-order valence-corrected chi connectivity index (χ1v) is 7.68. The highest BCUT2D eigenvalue weighted by molar-refractivity contribution is 5.57. The first kappa shape index (κ1) is 18.1. The highest BCUT2D eigenvalue weighted by Crippen LogP contribution is 2.31. The molecule has 0 amide bonds. The van der Waals surface area contributed by atoms with Crippen LogP contribution in [0.5, 0.6) is 0 Å². The number of aliphatic hydroxyl groups excluding tert-OH is 1. The molecule has 0 spiro atoms. The van der Waals surface area contributed by atoms with Crippen LogP contribution in [0, 0.1) is 0 Å². The molecule has 130 valence electrons. The molecule has 5 nitrogen and oxygen atoms in total. The van der Waals surface area contributed by atoms with E-state index < -0.39 is 11.9 Å². The van der Waals surface area contributed by atoms with Crippen molar-refractivity contribution in [2.75, 3.05) is 24.6 Å². The summed E-state index contributed by atoms with van der Waals surface area (Å²) in [7, 11) is 0. The number of anilines is 1. The summed E-state index contributed by atoms with van der Waals surface area (Å²) in [6, 6.07) is 4.14. The van der Waals surface area contributed by atoms with Gasteiger partial charge in [-0.25, -0.2) is 9.97 Å². The van der Waals surface area contributed by atoms with Crippen molar-refractivity contribution in [1.29, 1.82) is 0 Å². The van der Waals surface area contributed by atoms with E-state index in [1.807, 2.05) is 6.92 Å². The number of aromatic nitrogens is 3. The van der Waals surface area contributed by atoms with Crippen LogP contribution < -0.4 is 4.90 Å². The number of alkyl halides is 3. The fourth-order valence-electron chi connectivity index (χ4n) is 2.18. The summed E-state index contributed by atoms with van der Waals surface area (Å²) in [5, 5.41) is 9.20. The monoisotopic (exact) mass is 340 g/mol. The van der Waals surface area contributed by atoms with Crippen LogP contribution in [0.2, 0.25) is 0 Å². The van der Waals surface area contributed by atoms with Gasteiger partial charge in [0.2, 0.25) is 0 Å². The van der Waals surface area contributed by atoms with Crippen molar-refractivity contribution in [2.45, 2.75) is 25.9 Å². The highest BCUT2D eigenvalue weighted by Gasteiger charge is 2.34.